The lowest BCUT2D eigenvalue weighted by atomic mass is 9.86. The quantitative estimate of drug-likeness (QED) is 0.697. The molecule has 0 bridgehead atoms. The predicted molar refractivity (Wildman–Crippen MR) is 95.3 cm³/mol. The van der Waals surface area contributed by atoms with Crippen molar-refractivity contribution in [2.24, 2.45) is 5.92 Å². The number of amides is 2. The minimum atomic E-state index is -0.627. The second kappa shape index (κ2) is 8.79. The molecular formula is C17H22N2O6S. The van der Waals surface area contributed by atoms with Gasteiger partial charge in [-0.05, 0) is 32.3 Å². The Bertz CT molecular complexity index is 723. The molecule has 2 N–H and O–H groups in total. The van der Waals surface area contributed by atoms with Gasteiger partial charge in [0.2, 0.25) is 0 Å². The summed E-state index contributed by atoms with van der Waals surface area (Å²) in [6.45, 7) is 3.00. The molecule has 1 heterocycles. The van der Waals surface area contributed by atoms with Crippen LogP contribution in [0.1, 0.15) is 51.8 Å². The summed E-state index contributed by atoms with van der Waals surface area (Å²) < 4.78 is 10.0. The van der Waals surface area contributed by atoms with Crippen LogP contribution in [0.3, 0.4) is 0 Å². The highest BCUT2D eigenvalue weighted by molar-refractivity contribution is 7.18. The van der Waals surface area contributed by atoms with Crippen molar-refractivity contribution in [3.05, 3.63) is 16.0 Å². The Morgan fingerprint density at radius 2 is 1.88 bits per heavy atom. The number of carbonyl (C=O) groups excluding carboxylic acids is 4. The summed E-state index contributed by atoms with van der Waals surface area (Å²) in [6.07, 6.45) is 2.56. The lowest BCUT2D eigenvalue weighted by Gasteiger charge is -2.22. The van der Waals surface area contributed by atoms with Crippen molar-refractivity contribution in [3.63, 3.8) is 0 Å². The Kier molecular flexibility index (Phi) is 6.73. The van der Waals surface area contributed by atoms with Crippen molar-refractivity contribution in [1.29, 1.82) is 0 Å². The van der Waals surface area contributed by atoms with Gasteiger partial charge in [0, 0.05) is 7.05 Å². The van der Waals surface area contributed by atoms with Gasteiger partial charge in [0.1, 0.15) is 5.00 Å². The van der Waals surface area contributed by atoms with Crippen molar-refractivity contribution in [1.82, 2.24) is 5.32 Å². The second-order valence-electron chi connectivity index (χ2n) is 5.84. The third kappa shape index (κ3) is 4.40. The molecule has 0 atom stereocenters. The van der Waals surface area contributed by atoms with Gasteiger partial charge in [0.15, 0.2) is 6.61 Å². The van der Waals surface area contributed by atoms with Crippen molar-refractivity contribution < 1.29 is 28.7 Å². The highest BCUT2D eigenvalue weighted by Gasteiger charge is 2.28. The third-order valence-corrected chi connectivity index (χ3v) is 5.30. The zero-order valence-corrected chi connectivity index (χ0v) is 15.8. The van der Waals surface area contributed by atoms with Crippen LogP contribution in [-0.2, 0) is 19.1 Å². The smallest absolute Gasteiger partial charge is 0.341 e. The van der Waals surface area contributed by atoms with Crippen molar-refractivity contribution in [2.45, 2.75) is 33.1 Å². The van der Waals surface area contributed by atoms with Gasteiger partial charge in [-0.25, -0.2) is 4.79 Å². The number of hydrogen-bond donors (Lipinski definition) is 2. The molecule has 0 saturated heterocycles. The van der Waals surface area contributed by atoms with E-state index in [0.29, 0.717) is 10.4 Å². The molecule has 1 aliphatic carbocycles. The Morgan fingerprint density at radius 1 is 1.19 bits per heavy atom. The van der Waals surface area contributed by atoms with Crippen molar-refractivity contribution >= 4 is 40.1 Å². The van der Waals surface area contributed by atoms with Gasteiger partial charge in [-0.2, -0.15) is 0 Å². The number of ether oxygens (including phenoxy) is 2. The van der Waals surface area contributed by atoms with Gasteiger partial charge in [-0.15, -0.1) is 11.3 Å². The Balaban J connectivity index is 2.12. The number of thiophene rings is 1. The summed E-state index contributed by atoms with van der Waals surface area (Å²) in [6, 6.07) is 0. The molecule has 1 aromatic heterocycles. The molecule has 0 spiro atoms. The molecule has 1 aromatic rings. The zero-order valence-electron chi connectivity index (χ0n) is 15.0. The highest BCUT2D eigenvalue weighted by atomic mass is 32.1. The van der Waals surface area contributed by atoms with E-state index in [4.69, 9.17) is 9.47 Å². The fourth-order valence-corrected chi connectivity index (χ4v) is 3.60. The van der Waals surface area contributed by atoms with Crippen LogP contribution >= 0.6 is 11.3 Å². The molecule has 142 valence electrons. The van der Waals surface area contributed by atoms with Gasteiger partial charge in [-0.3, -0.25) is 14.4 Å². The maximum atomic E-state index is 12.2. The molecule has 2 amide bonds. The Morgan fingerprint density at radius 3 is 2.42 bits per heavy atom. The summed E-state index contributed by atoms with van der Waals surface area (Å²) in [4.78, 5) is 48.3. The van der Waals surface area contributed by atoms with E-state index in [2.05, 4.69) is 10.6 Å². The first-order valence-electron chi connectivity index (χ1n) is 8.38. The van der Waals surface area contributed by atoms with Gasteiger partial charge >= 0.3 is 11.9 Å². The van der Waals surface area contributed by atoms with Crippen LogP contribution in [-0.4, -0.2) is 44.0 Å². The molecule has 1 fully saturated rings. The average Bonchev–Trinajstić information content (AvgIpc) is 2.87. The molecule has 26 heavy (non-hydrogen) atoms. The van der Waals surface area contributed by atoms with E-state index in [1.165, 1.54) is 7.05 Å². The summed E-state index contributed by atoms with van der Waals surface area (Å²) >= 11 is 0.972. The molecule has 2 rings (SSSR count). The van der Waals surface area contributed by atoms with Crippen LogP contribution in [0.4, 0.5) is 5.00 Å². The molecule has 0 radical (unpaired) electrons. The molecular weight excluding hydrogens is 360 g/mol. The average molecular weight is 382 g/mol. The lowest BCUT2D eigenvalue weighted by molar-refractivity contribution is -0.154. The Hall–Kier alpha value is -2.42. The van der Waals surface area contributed by atoms with Gasteiger partial charge in [-0.1, -0.05) is 6.42 Å². The van der Waals surface area contributed by atoms with Gasteiger partial charge < -0.3 is 20.1 Å². The standard InChI is InChI=1S/C17H22N2O6S/c1-4-24-17(23)12-9(2)13(14(21)18-3)26-15(12)19-11(20)8-25-16(22)10-6-5-7-10/h10H,4-8H2,1-3H3,(H,18,21)(H,19,20). The van der Waals surface area contributed by atoms with Crippen LogP contribution in [0, 0.1) is 12.8 Å². The maximum Gasteiger partial charge on any atom is 0.341 e. The maximum absolute atomic E-state index is 12.2. The fourth-order valence-electron chi connectivity index (χ4n) is 2.44. The van der Waals surface area contributed by atoms with Gasteiger partial charge in [0.25, 0.3) is 11.8 Å². The van der Waals surface area contributed by atoms with E-state index in [0.717, 1.165) is 30.6 Å². The van der Waals surface area contributed by atoms with E-state index in [9.17, 15) is 19.2 Å². The highest BCUT2D eigenvalue weighted by Crippen LogP contribution is 2.34. The normalized spacial score (nSPS) is 13.5. The largest absolute Gasteiger partial charge is 0.462 e. The van der Waals surface area contributed by atoms with Crippen LogP contribution in [0.15, 0.2) is 0 Å². The van der Waals surface area contributed by atoms with Crippen LogP contribution in [0.25, 0.3) is 0 Å². The molecule has 9 heteroatoms. The number of hydrogen-bond acceptors (Lipinski definition) is 7. The molecule has 1 saturated carbocycles. The molecule has 0 aliphatic heterocycles. The molecule has 0 unspecified atom stereocenters. The Labute approximate surface area is 155 Å². The summed E-state index contributed by atoms with van der Waals surface area (Å²) in [7, 11) is 1.48. The number of nitrogens with one attached hydrogen (secondary N) is 2. The topological polar surface area (TPSA) is 111 Å². The van der Waals surface area contributed by atoms with Crippen LogP contribution in [0.5, 0.6) is 0 Å². The first-order valence-corrected chi connectivity index (χ1v) is 9.19. The van der Waals surface area contributed by atoms with Crippen molar-refractivity contribution in [2.75, 3.05) is 25.6 Å². The van der Waals surface area contributed by atoms with Crippen LogP contribution < -0.4 is 10.6 Å². The van der Waals surface area contributed by atoms with Gasteiger partial charge in [0.05, 0.1) is 23.0 Å². The summed E-state index contributed by atoms with van der Waals surface area (Å²) in [5.74, 6) is -2.08. The number of carbonyl (C=O) groups is 4. The van der Waals surface area contributed by atoms with E-state index < -0.39 is 18.5 Å². The van der Waals surface area contributed by atoms with E-state index in [-0.39, 0.29) is 35.0 Å². The molecule has 8 nitrogen and oxygen atoms in total. The SMILES string of the molecule is CCOC(=O)c1c(NC(=O)COC(=O)C2CCC2)sc(C(=O)NC)c1C. The molecule has 0 aromatic carbocycles. The molecule has 1 aliphatic rings. The minimum absolute atomic E-state index is 0.123. The second-order valence-corrected chi connectivity index (χ2v) is 6.86. The number of anilines is 1. The lowest BCUT2D eigenvalue weighted by Crippen LogP contribution is -2.28. The van der Waals surface area contributed by atoms with Crippen LogP contribution in [0.2, 0.25) is 0 Å². The monoisotopic (exact) mass is 382 g/mol. The van der Waals surface area contributed by atoms with Crippen molar-refractivity contribution in [3.8, 4) is 0 Å². The fraction of sp³-hybridized carbons (Fsp3) is 0.529. The first kappa shape index (κ1) is 19.9. The minimum Gasteiger partial charge on any atom is -0.462 e. The first-order chi connectivity index (χ1) is 12.4. The zero-order chi connectivity index (χ0) is 19.3. The third-order valence-electron chi connectivity index (χ3n) is 4.10. The summed E-state index contributed by atoms with van der Waals surface area (Å²) in [5.41, 5.74) is 0.559. The predicted octanol–water partition coefficient (Wildman–Crippen LogP) is 1.87. The summed E-state index contributed by atoms with van der Waals surface area (Å²) in [5, 5.41) is 5.23. The van der Waals surface area contributed by atoms with E-state index in [1.54, 1.807) is 13.8 Å². The number of esters is 2. The van der Waals surface area contributed by atoms with E-state index >= 15 is 0 Å². The van der Waals surface area contributed by atoms with E-state index in [1.807, 2.05) is 0 Å². The number of rotatable bonds is 7.